The van der Waals surface area contributed by atoms with Crippen LogP contribution in [-0.2, 0) is 18.0 Å². The molecule has 0 saturated heterocycles. The van der Waals surface area contributed by atoms with Gasteiger partial charge in [0.15, 0.2) is 0 Å². The highest BCUT2D eigenvalue weighted by molar-refractivity contribution is 5.98. The summed E-state index contributed by atoms with van der Waals surface area (Å²) in [4.78, 5) is 18.3. The van der Waals surface area contributed by atoms with Crippen LogP contribution in [-0.4, -0.2) is 11.0 Å². The van der Waals surface area contributed by atoms with Gasteiger partial charge in [0.1, 0.15) is 6.61 Å². The monoisotopic (exact) mass is 315 g/mol. The summed E-state index contributed by atoms with van der Waals surface area (Å²) in [6.45, 7) is 0.891. The van der Waals surface area contributed by atoms with Gasteiger partial charge in [-0.1, -0.05) is 72.8 Å². The summed E-state index contributed by atoms with van der Waals surface area (Å²) in [6, 6.07) is 26.0. The van der Waals surface area contributed by atoms with Gasteiger partial charge >= 0.3 is 0 Å². The van der Waals surface area contributed by atoms with Crippen LogP contribution in [0.4, 0.5) is 0 Å². The SMILES string of the molecule is O=C1c2cc(-c3ccccc3)ccc2CN1OCc1ccccc1. The van der Waals surface area contributed by atoms with Crippen LogP contribution >= 0.6 is 0 Å². The third-order valence-corrected chi connectivity index (χ3v) is 4.22. The predicted molar refractivity (Wildman–Crippen MR) is 93.0 cm³/mol. The smallest absolute Gasteiger partial charge is 0.267 e. The fourth-order valence-corrected chi connectivity index (χ4v) is 2.92. The van der Waals surface area contributed by atoms with Crippen LogP contribution in [0.5, 0.6) is 0 Å². The Morgan fingerprint density at radius 1 is 0.833 bits per heavy atom. The van der Waals surface area contributed by atoms with Crippen molar-refractivity contribution in [3.8, 4) is 11.1 Å². The van der Waals surface area contributed by atoms with Gasteiger partial charge < -0.3 is 0 Å². The first-order valence-corrected chi connectivity index (χ1v) is 7.98. The first-order chi connectivity index (χ1) is 11.8. The minimum Gasteiger partial charge on any atom is -0.267 e. The molecule has 24 heavy (non-hydrogen) atoms. The molecular weight excluding hydrogens is 298 g/mol. The summed E-state index contributed by atoms with van der Waals surface area (Å²) in [5.74, 6) is -0.0706. The van der Waals surface area contributed by atoms with E-state index in [9.17, 15) is 4.79 Å². The standard InChI is InChI=1S/C21H17NO2/c23-21-20-13-18(17-9-5-2-6-10-17)11-12-19(20)14-22(21)24-15-16-7-3-1-4-8-16/h1-13H,14-15H2. The second-order valence-corrected chi connectivity index (χ2v) is 5.84. The van der Waals surface area contributed by atoms with E-state index in [1.165, 1.54) is 5.06 Å². The molecule has 0 aromatic heterocycles. The number of amides is 1. The van der Waals surface area contributed by atoms with E-state index in [0.29, 0.717) is 13.2 Å². The number of fused-ring (bicyclic) bond motifs is 1. The molecule has 3 nitrogen and oxygen atoms in total. The number of benzene rings is 3. The highest BCUT2D eigenvalue weighted by atomic mass is 16.7. The third kappa shape index (κ3) is 2.82. The molecule has 0 aliphatic carbocycles. The number of carbonyl (C=O) groups is 1. The molecule has 0 unspecified atom stereocenters. The zero-order valence-electron chi connectivity index (χ0n) is 13.2. The molecule has 0 spiro atoms. The number of nitrogens with zero attached hydrogens (tertiary/aromatic N) is 1. The first-order valence-electron chi connectivity index (χ1n) is 7.98. The molecule has 0 N–H and O–H groups in total. The molecular formula is C21H17NO2. The largest absolute Gasteiger partial charge is 0.278 e. The van der Waals surface area contributed by atoms with Crippen LogP contribution in [0.2, 0.25) is 0 Å². The zero-order chi connectivity index (χ0) is 16.4. The van der Waals surface area contributed by atoms with Gasteiger partial charge in [-0.25, -0.2) is 5.06 Å². The van der Waals surface area contributed by atoms with Crippen LogP contribution in [0, 0.1) is 0 Å². The summed E-state index contributed by atoms with van der Waals surface area (Å²) in [5.41, 5.74) is 4.94. The van der Waals surface area contributed by atoms with Crippen molar-refractivity contribution in [3.63, 3.8) is 0 Å². The van der Waals surface area contributed by atoms with Crippen molar-refractivity contribution in [2.45, 2.75) is 13.2 Å². The van der Waals surface area contributed by atoms with Crippen molar-refractivity contribution < 1.29 is 9.63 Å². The van der Waals surface area contributed by atoms with E-state index in [2.05, 4.69) is 6.07 Å². The number of hydroxylamine groups is 2. The van der Waals surface area contributed by atoms with Crippen molar-refractivity contribution in [2.24, 2.45) is 0 Å². The lowest BCUT2D eigenvalue weighted by molar-refractivity contribution is -0.134. The summed E-state index contributed by atoms with van der Waals surface area (Å²) < 4.78 is 0. The third-order valence-electron chi connectivity index (χ3n) is 4.22. The van der Waals surface area contributed by atoms with Crippen molar-refractivity contribution in [1.29, 1.82) is 0 Å². The lowest BCUT2D eigenvalue weighted by Crippen LogP contribution is -2.24. The Morgan fingerprint density at radius 3 is 2.29 bits per heavy atom. The molecule has 118 valence electrons. The quantitative estimate of drug-likeness (QED) is 0.712. The van der Waals surface area contributed by atoms with E-state index in [4.69, 9.17) is 4.84 Å². The van der Waals surface area contributed by atoms with Crippen LogP contribution in [0.3, 0.4) is 0 Å². The molecule has 0 fully saturated rings. The maximum absolute atomic E-state index is 12.6. The van der Waals surface area contributed by atoms with E-state index in [1.807, 2.05) is 72.8 Å². The molecule has 3 aromatic rings. The summed E-state index contributed by atoms with van der Waals surface area (Å²) in [6.07, 6.45) is 0. The molecule has 1 amide bonds. The van der Waals surface area contributed by atoms with E-state index in [-0.39, 0.29) is 5.91 Å². The average Bonchev–Trinajstić information content (AvgIpc) is 2.97. The molecule has 1 heterocycles. The summed E-state index contributed by atoms with van der Waals surface area (Å²) >= 11 is 0. The molecule has 0 bridgehead atoms. The Morgan fingerprint density at radius 2 is 1.54 bits per heavy atom. The molecule has 0 saturated carbocycles. The summed E-state index contributed by atoms with van der Waals surface area (Å²) in [7, 11) is 0. The maximum atomic E-state index is 12.6. The van der Waals surface area contributed by atoms with Gasteiger partial charge in [0.25, 0.3) is 5.91 Å². The molecule has 1 aliphatic heterocycles. The van der Waals surface area contributed by atoms with Crippen LogP contribution in [0.15, 0.2) is 78.9 Å². The maximum Gasteiger partial charge on any atom is 0.278 e. The molecule has 0 radical (unpaired) electrons. The van der Waals surface area contributed by atoms with Gasteiger partial charge in [-0.3, -0.25) is 9.63 Å². The minimum atomic E-state index is -0.0706. The highest BCUT2D eigenvalue weighted by Gasteiger charge is 2.28. The van der Waals surface area contributed by atoms with Gasteiger partial charge in [-0.15, -0.1) is 0 Å². The van der Waals surface area contributed by atoms with Crippen molar-refractivity contribution in [3.05, 3.63) is 95.6 Å². The van der Waals surface area contributed by atoms with Crippen molar-refractivity contribution >= 4 is 5.91 Å². The molecule has 0 atom stereocenters. The molecule has 3 aromatic carbocycles. The van der Waals surface area contributed by atoms with Crippen LogP contribution in [0.1, 0.15) is 21.5 Å². The minimum absolute atomic E-state index is 0.0706. The Bertz CT molecular complexity index is 860. The number of hydrogen-bond acceptors (Lipinski definition) is 2. The van der Waals surface area contributed by atoms with E-state index < -0.39 is 0 Å². The predicted octanol–water partition coefficient (Wildman–Crippen LogP) is 4.44. The number of hydrogen-bond donors (Lipinski definition) is 0. The first kappa shape index (κ1) is 14.7. The second kappa shape index (κ2) is 6.30. The van der Waals surface area contributed by atoms with Crippen LogP contribution in [0.25, 0.3) is 11.1 Å². The van der Waals surface area contributed by atoms with E-state index in [0.717, 1.165) is 27.8 Å². The normalized spacial score (nSPS) is 13.2. The Hall–Kier alpha value is -2.91. The van der Waals surface area contributed by atoms with E-state index >= 15 is 0 Å². The van der Waals surface area contributed by atoms with Crippen LogP contribution < -0.4 is 0 Å². The lowest BCUT2D eigenvalue weighted by Gasteiger charge is -2.15. The van der Waals surface area contributed by atoms with Gasteiger partial charge in [-0.2, -0.15) is 0 Å². The fourth-order valence-electron chi connectivity index (χ4n) is 2.92. The second-order valence-electron chi connectivity index (χ2n) is 5.84. The van der Waals surface area contributed by atoms with Gasteiger partial charge in [0.2, 0.25) is 0 Å². The van der Waals surface area contributed by atoms with E-state index in [1.54, 1.807) is 0 Å². The Balaban J connectivity index is 1.52. The van der Waals surface area contributed by atoms with Gasteiger partial charge in [0, 0.05) is 5.56 Å². The number of carbonyl (C=O) groups excluding carboxylic acids is 1. The molecule has 1 aliphatic rings. The summed E-state index contributed by atoms with van der Waals surface area (Å²) in [5, 5.41) is 1.45. The Kier molecular flexibility index (Phi) is 3.85. The van der Waals surface area contributed by atoms with Crippen molar-refractivity contribution in [1.82, 2.24) is 5.06 Å². The molecule has 4 rings (SSSR count). The fraction of sp³-hybridized carbons (Fsp3) is 0.0952. The lowest BCUT2D eigenvalue weighted by atomic mass is 10.0. The average molecular weight is 315 g/mol. The van der Waals surface area contributed by atoms with Crippen molar-refractivity contribution in [2.75, 3.05) is 0 Å². The van der Waals surface area contributed by atoms with Gasteiger partial charge in [0.05, 0.1) is 6.54 Å². The highest BCUT2D eigenvalue weighted by Crippen LogP contribution is 2.28. The number of rotatable bonds is 4. The topological polar surface area (TPSA) is 29.5 Å². The Labute approximate surface area is 141 Å². The zero-order valence-corrected chi connectivity index (χ0v) is 13.2. The molecule has 3 heteroatoms. The van der Waals surface area contributed by atoms with Gasteiger partial charge in [-0.05, 0) is 28.3 Å².